The van der Waals surface area contributed by atoms with Crippen LogP contribution in [0.2, 0.25) is 0 Å². The van der Waals surface area contributed by atoms with E-state index in [1.165, 1.54) is 16.7 Å². The lowest BCUT2D eigenvalue weighted by molar-refractivity contribution is -0.137. The molecular formula is C31H30O4. The van der Waals surface area contributed by atoms with Crippen molar-refractivity contribution in [3.8, 4) is 11.5 Å². The van der Waals surface area contributed by atoms with Gasteiger partial charge >= 0.3 is 5.97 Å². The number of carbonyl (C=O) groups is 1. The summed E-state index contributed by atoms with van der Waals surface area (Å²) in [5.74, 6) is 0.464. The molecule has 0 spiro atoms. The first-order valence-corrected chi connectivity index (χ1v) is 11.9. The highest BCUT2D eigenvalue weighted by molar-refractivity contribution is 5.66. The second-order valence-corrected chi connectivity index (χ2v) is 8.39. The van der Waals surface area contributed by atoms with Gasteiger partial charge in [-0.3, -0.25) is 4.79 Å². The molecule has 0 radical (unpaired) electrons. The number of carboxylic acid groups (broad SMARTS) is 1. The molecule has 0 amide bonds. The second kappa shape index (κ2) is 11.9. The van der Waals surface area contributed by atoms with Crippen molar-refractivity contribution in [2.45, 2.75) is 24.7 Å². The highest BCUT2D eigenvalue weighted by Crippen LogP contribution is 2.42. The zero-order chi connectivity index (χ0) is 24.3. The minimum atomic E-state index is -0.822. The summed E-state index contributed by atoms with van der Waals surface area (Å²) < 4.78 is 12.1. The molecule has 0 atom stereocenters. The number of para-hydroxylation sites is 2. The molecule has 4 aromatic rings. The summed E-state index contributed by atoms with van der Waals surface area (Å²) in [5.41, 5.74) is 3.23. The summed E-state index contributed by atoms with van der Waals surface area (Å²) in [4.78, 5) is 10.8. The third-order valence-corrected chi connectivity index (χ3v) is 6.18. The minimum Gasteiger partial charge on any atom is -0.490 e. The maximum Gasteiger partial charge on any atom is 0.303 e. The molecule has 0 saturated heterocycles. The quantitative estimate of drug-likeness (QED) is 0.186. The number of carboxylic acids is 1. The van der Waals surface area contributed by atoms with E-state index in [-0.39, 0.29) is 11.8 Å². The van der Waals surface area contributed by atoms with E-state index < -0.39 is 5.97 Å². The summed E-state index contributed by atoms with van der Waals surface area (Å²) in [7, 11) is 0. The van der Waals surface area contributed by atoms with Gasteiger partial charge in [-0.2, -0.15) is 0 Å². The Hall–Kier alpha value is -4.05. The van der Waals surface area contributed by atoms with Crippen molar-refractivity contribution in [1.82, 2.24) is 0 Å². The van der Waals surface area contributed by atoms with E-state index in [0.29, 0.717) is 31.1 Å². The molecule has 0 bridgehead atoms. The van der Waals surface area contributed by atoms with Gasteiger partial charge in [-0.1, -0.05) is 103 Å². The summed E-state index contributed by atoms with van der Waals surface area (Å²) in [6.45, 7) is 0.794. The normalized spacial score (nSPS) is 11.1. The van der Waals surface area contributed by atoms with Crippen molar-refractivity contribution >= 4 is 5.97 Å². The maximum absolute atomic E-state index is 10.8. The van der Waals surface area contributed by atoms with Crippen LogP contribution in [-0.4, -0.2) is 24.3 Å². The lowest BCUT2D eigenvalue weighted by Gasteiger charge is -2.36. The molecule has 178 valence electrons. The zero-order valence-electron chi connectivity index (χ0n) is 19.7. The molecule has 4 heteroatoms. The van der Waals surface area contributed by atoms with Crippen molar-refractivity contribution in [1.29, 1.82) is 0 Å². The number of hydrogen-bond acceptors (Lipinski definition) is 3. The average molecular weight is 467 g/mol. The van der Waals surface area contributed by atoms with Gasteiger partial charge < -0.3 is 14.6 Å². The number of benzene rings is 4. The third-order valence-electron chi connectivity index (χ3n) is 6.18. The molecule has 0 saturated carbocycles. The molecule has 0 aliphatic carbocycles. The zero-order valence-corrected chi connectivity index (χ0v) is 19.7. The minimum absolute atomic E-state index is 0.0801. The van der Waals surface area contributed by atoms with Crippen LogP contribution in [0.25, 0.3) is 0 Å². The van der Waals surface area contributed by atoms with Crippen LogP contribution in [0.3, 0.4) is 0 Å². The van der Waals surface area contributed by atoms with Crippen LogP contribution in [0.5, 0.6) is 11.5 Å². The topological polar surface area (TPSA) is 55.8 Å². The van der Waals surface area contributed by atoms with Gasteiger partial charge in [0.2, 0.25) is 0 Å². The Morgan fingerprint density at radius 3 is 1.43 bits per heavy atom. The van der Waals surface area contributed by atoms with E-state index >= 15 is 0 Å². The van der Waals surface area contributed by atoms with Gasteiger partial charge in [0.15, 0.2) is 11.5 Å². The highest BCUT2D eigenvalue weighted by Gasteiger charge is 2.36. The monoisotopic (exact) mass is 466 g/mol. The molecule has 0 aliphatic heterocycles. The molecule has 4 aromatic carbocycles. The van der Waals surface area contributed by atoms with E-state index in [1.54, 1.807) is 0 Å². The molecule has 1 N–H and O–H groups in total. The van der Waals surface area contributed by atoms with Crippen LogP contribution >= 0.6 is 0 Å². The van der Waals surface area contributed by atoms with Crippen molar-refractivity contribution in [2.75, 3.05) is 13.2 Å². The van der Waals surface area contributed by atoms with Gasteiger partial charge in [-0.15, -0.1) is 0 Å². The molecule has 0 aromatic heterocycles. The van der Waals surface area contributed by atoms with Gasteiger partial charge in [0, 0.05) is 11.8 Å². The Balaban J connectivity index is 1.61. The van der Waals surface area contributed by atoms with Gasteiger partial charge in [-0.25, -0.2) is 0 Å². The second-order valence-electron chi connectivity index (χ2n) is 8.39. The van der Waals surface area contributed by atoms with E-state index in [9.17, 15) is 4.79 Å². The number of hydrogen-bond donors (Lipinski definition) is 1. The number of rotatable bonds is 12. The third kappa shape index (κ3) is 5.90. The lowest BCUT2D eigenvalue weighted by Crippen LogP contribution is -2.31. The maximum atomic E-state index is 10.8. The van der Waals surface area contributed by atoms with E-state index in [2.05, 4.69) is 72.8 Å². The van der Waals surface area contributed by atoms with Crippen LogP contribution in [-0.2, 0) is 10.2 Å². The average Bonchev–Trinajstić information content (AvgIpc) is 2.91. The fraction of sp³-hybridized carbons (Fsp3) is 0.194. The smallest absolute Gasteiger partial charge is 0.303 e. The fourth-order valence-corrected chi connectivity index (χ4v) is 4.51. The number of aliphatic carboxylic acids is 1. The van der Waals surface area contributed by atoms with Crippen molar-refractivity contribution in [3.63, 3.8) is 0 Å². The molecule has 4 nitrogen and oxygen atoms in total. The molecule has 4 rings (SSSR count). The SMILES string of the molecule is O=C(O)CCCOc1ccccc1OCCC(c1ccccc1)(c1ccccc1)c1ccccc1. The van der Waals surface area contributed by atoms with Gasteiger partial charge in [0.25, 0.3) is 0 Å². The van der Waals surface area contributed by atoms with Gasteiger partial charge in [0.05, 0.1) is 13.2 Å². The van der Waals surface area contributed by atoms with Crippen LogP contribution in [0.15, 0.2) is 115 Å². The first-order chi connectivity index (χ1) is 17.2. The highest BCUT2D eigenvalue weighted by atomic mass is 16.5. The Morgan fingerprint density at radius 2 is 1.00 bits per heavy atom. The molecule has 35 heavy (non-hydrogen) atoms. The van der Waals surface area contributed by atoms with E-state index in [0.717, 1.165) is 6.42 Å². The summed E-state index contributed by atoms with van der Waals surface area (Å²) >= 11 is 0. The lowest BCUT2D eigenvalue weighted by atomic mass is 9.67. The Bertz CT molecular complexity index is 1090. The Kier molecular flexibility index (Phi) is 8.18. The first kappa shape index (κ1) is 24.1. The molecule has 0 unspecified atom stereocenters. The van der Waals surface area contributed by atoms with Gasteiger partial charge in [0.1, 0.15) is 0 Å². The Labute approximate surface area is 206 Å². The van der Waals surface area contributed by atoms with Crippen molar-refractivity contribution < 1.29 is 19.4 Å². The summed E-state index contributed by atoms with van der Waals surface area (Å²) in [5, 5.41) is 8.86. The standard InChI is InChI=1S/C31H30O4/c32-30(33)21-12-23-34-28-19-10-11-20-29(28)35-24-22-31(25-13-4-1-5-14-25,26-15-6-2-7-16-26)27-17-8-3-9-18-27/h1-11,13-20H,12,21-24H2,(H,32,33). The molecule has 0 aliphatic rings. The van der Waals surface area contributed by atoms with E-state index in [1.807, 2.05) is 42.5 Å². The van der Waals surface area contributed by atoms with E-state index in [4.69, 9.17) is 14.6 Å². The number of ether oxygens (including phenoxy) is 2. The summed E-state index contributed by atoms with van der Waals surface area (Å²) in [6, 6.07) is 39.2. The van der Waals surface area contributed by atoms with Crippen molar-refractivity contribution in [3.05, 3.63) is 132 Å². The fourth-order valence-electron chi connectivity index (χ4n) is 4.51. The van der Waals surface area contributed by atoms with Crippen LogP contribution < -0.4 is 9.47 Å². The largest absolute Gasteiger partial charge is 0.490 e. The molecule has 0 fully saturated rings. The molecular weight excluding hydrogens is 436 g/mol. The predicted molar refractivity (Wildman–Crippen MR) is 138 cm³/mol. The predicted octanol–water partition coefficient (Wildman–Crippen LogP) is 6.73. The van der Waals surface area contributed by atoms with Crippen LogP contribution in [0.4, 0.5) is 0 Å². The van der Waals surface area contributed by atoms with Crippen LogP contribution in [0.1, 0.15) is 36.0 Å². The molecule has 0 heterocycles. The van der Waals surface area contributed by atoms with Crippen molar-refractivity contribution in [2.24, 2.45) is 0 Å². The first-order valence-electron chi connectivity index (χ1n) is 11.9. The summed E-state index contributed by atoms with van der Waals surface area (Å²) in [6.07, 6.45) is 1.25. The Morgan fingerprint density at radius 1 is 0.600 bits per heavy atom. The van der Waals surface area contributed by atoms with Gasteiger partial charge in [-0.05, 0) is 41.7 Å². The van der Waals surface area contributed by atoms with Crippen LogP contribution in [0, 0.1) is 0 Å².